The molecule has 0 aliphatic rings. The lowest BCUT2D eigenvalue weighted by Gasteiger charge is -2.16. The average molecular weight is 312 g/mol. The molecule has 1 unspecified atom stereocenters. The van der Waals surface area contributed by atoms with E-state index in [4.69, 9.17) is 0 Å². The summed E-state index contributed by atoms with van der Waals surface area (Å²) in [6, 6.07) is 15.9. The highest BCUT2D eigenvalue weighted by Gasteiger charge is 2.13. The Morgan fingerprint density at radius 3 is 2.26 bits per heavy atom. The molecule has 0 saturated heterocycles. The van der Waals surface area contributed by atoms with Crippen molar-refractivity contribution in [2.24, 2.45) is 0 Å². The lowest BCUT2D eigenvalue weighted by atomic mass is 10.1. The topological polar surface area (TPSA) is 78.4 Å². The number of nitrogens with one attached hydrogen (secondary N) is 2. The van der Waals surface area contributed by atoms with Gasteiger partial charge in [0, 0.05) is 18.2 Å². The molecule has 5 nitrogen and oxygen atoms in total. The Balaban J connectivity index is 1.97. The van der Waals surface area contributed by atoms with Gasteiger partial charge in [0.05, 0.1) is 12.6 Å². The minimum Gasteiger partial charge on any atom is -0.394 e. The summed E-state index contributed by atoms with van der Waals surface area (Å²) >= 11 is 0. The van der Waals surface area contributed by atoms with Crippen molar-refractivity contribution in [2.45, 2.75) is 19.4 Å². The summed E-state index contributed by atoms with van der Waals surface area (Å²) in [5.74, 6) is -0.417. The third-order valence-electron chi connectivity index (χ3n) is 3.35. The minimum absolute atomic E-state index is 0.134. The van der Waals surface area contributed by atoms with Crippen LogP contribution in [0.4, 0.5) is 5.69 Å². The van der Waals surface area contributed by atoms with E-state index in [1.54, 1.807) is 24.3 Å². The van der Waals surface area contributed by atoms with E-state index in [0.717, 1.165) is 5.56 Å². The van der Waals surface area contributed by atoms with Crippen LogP contribution in [0.15, 0.2) is 54.6 Å². The number of hydrogen-bond donors (Lipinski definition) is 3. The minimum atomic E-state index is -0.347. The van der Waals surface area contributed by atoms with Crippen LogP contribution < -0.4 is 10.6 Å². The van der Waals surface area contributed by atoms with Gasteiger partial charge in [-0.2, -0.15) is 0 Å². The van der Waals surface area contributed by atoms with Crippen molar-refractivity contribution in [3.05, 3.63) is 65.7 Å². The van der Waals surface area contributed by atoms with Crippen molar-refractivity contribution in [3.63, 3.8) is 0 Å². The first-order valence-corrected chi connectivity index (χ1v) is 7.42. The first kappa shape index (κ1) is 16.7. The van der Waals surface area contributed by atoms with Crippen LogP contribution in [0.25, 0.3) is 0 Å². The number of aliphatic hydroxyl groups excluding tert-OH is 1. The fourth-order valence-corrected chi connectivity index (χ4v) is 2.24. The molecule has 2 aromatic carbocycles. The normalized spacial score (nSPS) is 11.6. The first-order valence-electron chi connectivity index (χ1n) is 7.42. The van der Waals surface area contributed by atoms with E-state index in [1.165, 1.54) is 6.92 Å². The number of rotatable bonds is 6. The third kappa shape index (κ3) is 5.23. The molecule has 3 N–H and O–H groups in total. The Hall–Kier alpha value is -2.66. The molecule has 0 radical (unpaired) electrons. The molecule has 23 heavy (non-hydrogen) atoms. The van der Waals surface area contributed by atoms with E-state index in [-0.39, 0.29) is 24.5 Å². The molecule has 2 rings (SSSR count). The van der Waals surface area contributed by atoms with Crippen LogP contribution in [0, 0.1) is 0 Å². The van der Waals surface area contributed by atoms with Gasteiger partial charge in [-0.1, -0.05) is 30.3 Å². The predicted octanol–water partition coefficient (Wildman–Crippen LogP) is 1.98. The van der Waals surface area contributed by atoms with Gasteiger partial charge in [-0.3, -0.25) is 9.59 Å². The number of hydrogen-bond acceptors (Lipinski definition) is 3. The van der Waals surface area contributed by atoms with Gasteiger partial charge >= 0.3 is 0 Å². The molecule has 0 bridgehead atoms. The predicted molar refractivity (Wildman–Crippen MR) is 89.2 cm³/mol. The highest BCUT2D eigenvalue weighted by Crippen LogP contribution is 2.10. The van der Waals surface area contributed by atoms with E-state index >= 15 is 0 Å². The third-order valence-corrected chi connectivity index (χ3v) is 3.35. The van der Waals surface area contributed by atoms with Gasteiger partial charge in [0.15, 0.2) is 0 Å². The number of carbonyl (C=O) groups excluding carboxylic acids is 2. The highest BCUT2D eigenvalue weighted by atomic mass is 16.3. The van der Waals surface area contributed by atoms with Crippen LogP contribution >= 0.6 is 0 Å². The molecular weight excluding hydrogens is 292 g/mol. The number of amides is 2. The number of carbonyl (C=O) groups is 2. The molecule has 5 heteroatoms. The second-order valence-corrected chi connectivity index (χ2v) is 5.30. The SMILES string of the molecule is CC(=O)Nc1ccc(C(=O)NC(CO)Cc2ccccc2)cc1. The van der Waals surface area contributed by atoms with Gasteiger partial charge in [-0.25, -0.2) is 0 Å². The smallest absolute Gasteiger partial charge is 0.251 e. The second kappa shape index (κ2) is 8.10. The maximum atomic E-state index is 12.2. The summed E-state index contributed by atoms with van der Waals surface area (Å²) < 4.78 is 0. The average Bonchev–Trinajstić information content (AvgIpc) is 2.55. The Morgan fingerprint density at radius 2 is 1.70 bits per heavy atom. The van der Waals surface area contributed by atoms with Crippen molar-refractivity contribution < 1.29 is 14.7 Å². The zero-order chi connectivity index (χ0) is 16.7. The van der Waals surface area contributed by atoms with E-state index in [2.05, 4.69) is 10.6 Å². The van der Waals surface area contributed by atoms with Crippen molar-refractivity contribution in [2.75, 3.05) is 11.9 Å². The van der Waals surface area contributed by atoms with Gasteiger partial charge < -0.3 is 15.7 Å². The zero-order valence-corrected chi connectivity index (χ0v) is 13.0. The van der Waals surface area contributed by atoms with Crippen LogP contribution in [0.5, 0.6) is 0 Å². The Kier molecular flexibility index (Phi) is 5.88. The number of benzene rings is 2. The molecule has 0 saturated carbocycles. The molecule has 120 valence electrons. The summed E-state index contributed by atoms with van der Waals surface area (Å²) in [5.41, 5.74) is 2.16. The van der Waals surface area contributed by atoms with Gasteiger partial charge in [-0.05, 0) is 36.2 Å². The monoisotopic (exact) mass is 312 g/mol. The van der Waals surface area contributed by atoms with Crippen molar-refractivity contribution in [3.8, 4) is 0 Å². The molecule has 0 aliphatic heterocycles. The zero-order valence-electron chi connectivity index (χ0n) is 13.0. The van der Waals surface area contributed by atoms with Gasteiger partial charge in [0.1, 0.15) is 0 Å². The van der Waals surface area contributed by atoms with E-state index in [9.17, 15) is 14.7 Å². The summed E-state index contributed by atoms with van der Waals surface area (Å²) in [7, 11) is 0. The molecule has 2 aromatic rings. The Bertz CT molecular complexity index is 654. The van der Waals surface area contributed by atoms with Gasteiger partial charge in [0.25, 0.3) is 5.91 Å². The lowest BCUT2D eigenvalue weighted by molar-refractivity contribution is -0.114. The first-order chi connectivity index (χ1) is 11.1. The van der Waals surface area contributed by atoms with Crippen LogP contribution in [-0.4, -0.2) is 29.6 Å². The summed E-state index contributed by atoms with van der Waals surface area (Å²) in [5, 5.41) is 14.9. The molecule has 0 fully saturated rings. The fraction of sp³-hybridized carbons (Fsp3) is 0.222. The molecular formula is C18H20N2O3. The molecule has 2 amide bonds. The number of anilines is 1. The lowest BCUT2D eigenvalue weighted by Crippen LogP contribution is -2.39. The largest absolute Gasteiger partial charge is 0.394 e. The molecule has 0 aliphatic carbocycles. The fourth-order valence-electron chi connectivity index (χ4n) is 2.24. The molecule has 0 aromatic heterocycles. The van der Waals surface area contributed by atoms with E-state index in [1.807, 2.05) is 30.3 Å². The van der Waals surface area contributed by atoms with Crippen LogP contribution in [0.1, 0.15) is 22.8 Å². The second-order valence-electron chi connectivity index (χ2n) is 5.30. The van der Waals surface area contributed by atoms with Crippen molar-refractivity contribution in [1.82, 2.24) is 5.32 Å². The van der Waals surface area contributed by atoms with Gasteiger partial charge in [0.2, 0.25) is 5.91 Å². The van der Waals surface area contributed by atoms with Crippen LogP contribution in [-0.2, 0) is 11.2 Å². The highest BCUT2D eigenvalue weighted by molar-refractivity contribution is 5.95. The molecule has 0 spiro atoms. The quantitative estimate of drug-likeness (QED) is 0.763. The van der Waals surface area contributed by atoms with Crippen LogP contribution in [0.2, 0.25) is 0 Å². The van der Waals surface area contributed by atoms with E-state index in [0.29, 0.717) is 17.7 Å². The molecule has 0 heterocycles. The van der Waals surface area contributed by atoms with E-state index < -0.39 is 0 Å². The standard InChI is InChI=1S/C18H20N2O3/c1-13(22)19-16-9-7-15(8-10-16)18(23)20-17(12-21)11-14-5-3-2-4-6-14/h2-10,17,21H,11-12H2,1H3,(H,19,22)(H,20,23). The summed E-state index contributed by atoms with van der Waals surface area (Å²) in [6.45, 7) is 1.29. The van der Waals surface area contributed by atoms with Crippen molar-refractivity contribution in [1.29, 1.82) is 0 Å². The van der Waals surface area contributed by atoms with Crippen molar-refractivity contribution >= 4 is 17.5 Å². The number of aliphatic hydroxyl groups is 1. The Labute approximate surface area is 135 Å². The summed E-state index contributed by atoms with van der Waals surface area (Å²) in [4.78, 5) is 23.2. The van der Waals surface area contributed by atoms with Gasteiger partial charge in [-0.15, -0.1) is 0 Å². The molecule has 1 atom stereocenters. The maximum absolute atomic E-state index is 12.2. The maximum Gasteiger partial charge on any atom is 0.251 e. The summed E-state index contributed by atoms with van der Waals surface area (Å²) in [6.07, 6.45) is 0.563. The van der Waals surface area contributed by atoms with Crippen LogP contribution in [0.3, 0.4) is 0 Å². The Morgan fingerprint density at radius 1 is 1.04 bits per heavy atom.